The van der Waals surface area contributed by atoms with Gasteiger partial charge in [0.05, 0.1) is 23.8 Å². The van der Waals surface area contributed by atoms with Gasteiger partial charge in [0, 0.05) is 18.7 Å². The summed E-state index contributed by atoms with van der Waals surface area (Å²) in [5, 5.41) is 2.85. The zero-order chi connectivity index (χ0) is 22.8. The van der Waals surface area contributed by atoms with E-state index >= 15 is 0 Å². The van der Waals surface area contributed by atoms with E-state index < -0.39 is 31.8 Å². The molecule has 1 aliphatic rings. The standard InChI is InChI=1S/C21H26N2O6S2/c1-4-23(5-2)31(27,28)20-14-15(10-11-18(20)29-3)21(24)22-17-12-13-30(25,26)19-9-7-6-8-16(17)19/h6-11,14,17H,4-5,12-13H2,1-3H3,(H,22,24)/t17-/m1/s1. The molecule has 1 atom stereocenters. The normalized spacial score (nSPS) is 17.7. The van der Waals surface area contributed by atoms with Crippen LogP contribution in [0.3, 0.4) is 0 Å². The number of rotatable bonds is 7. The summed E-state index contributed by atoms with van der Waals surface area (Å²) in [5.74, 6) is -0.408. The monoisotopic (exact) mass is 466 g/mol. The largest absolute Gasteiger partial charge is 0.495 e. The Bertz CT molecular complexity index is 1190. The first-order valence-corrected chi connectivity index (χ1v) is 13.1. The maximum Gasteiger partial charge on any atom is 0.251 e. The third-order valence-corrected chi connectivity index (χ3v) is 9.25. The van der Waals surface area contributed by atoms with Crippen LogP contribution in [0, 0.1) is 0 Å². The lowest BCUT2D eigenvalue weighted by Crippen LogP contribution is -2.34. The summed E-state index contributed by atoms with van der Waals surface area (Å²) in [6.45, 7) is 4.04. The average Bonchev–Trinajstić information content (AvgIpc) is 2.76. The van der Waals surface area contributed by atoms with E-state index in [1.165, 1.54) is 35.7 Å². The molecular weight excluding hydrogens is 440 g/mol. The number of ether oxygens (including phenoxy) is 1. The van der Waals surface area contributed by atoms with Gasteiger partial charge in [-0.3, -0.25) is 4.79 Å². The number of nitrogens with one attached hydrogen (secondary N) is 1. The molecule has 1 aliphatic heterocycles. The van der Waals surface area contributed by atoms with Crippen LogP contribution in [0.2, 0.25) is 0 Å². The van der Waals surface area contributed by atoms with Gasteiger partial charge in [0.1, 0.15) is 10.6 Å². The Morgan fingerprint density at radius 1 is 1.16 bits per heavy atom. The lowest BCUT2D eigenvalue weighted by Gasteiger charge is -2.26. The first kappa shape index (κ1) is 23.2. The number of sulfonamides is 1. The van der Waals surface area contributed by atoms with Crippen molar-refractivity contribution in [1.29, 1.82) is 0 Å². The Morgan fingerprint density at radius 2 is 1.84 bits per heavy atom. The number of carbonyl (C=O) groups excluding carboxylic acids is 1. The highest BCUT2D eigenvalue weighted by atomic mass is 32.2. The van der Waals surface area contributed by atoms with Crippen molar-refractivity contribution in [1.82, 2.24) is 9.62 Å². The molecule has 8 nitrogen and oxygen atoms in total. The van der Waals surface area contributed by atoms with Gasteiger partial charge in [-0.15, -0.1) is 0 Å². The quantitative estimate of drug-likeness (QED) is 0.671. The van der Waals surface area contributed by atoms with Crippen LogP contribution in [0.25, 0.3) is 0 Å². The van der Waals surface area contributed by atoms with Gasteiger partial charge >= 0.3 is 0 Å². The van der Waals surface area contributed by atoms with Gasteiger partial charge < -0.3 is 10.1 Å². The number of benzene rings is 2. The number of carbonyl (C=O) groups is 1. The molecule has 2 aromatic carbocycles. The number of fused-ring (bicyclic) bond motifs is 1. The van der Waals surface area contributed by atoms with Crippen LogP contribution in [0.15, 0.2) is 52.3 Å². The molecule has 0 unspecified atom stereocenters. The predicted molar refractivity (Wildman–Crippen MR) is 116 cm³/mol. The average molecular weight is 467 g/mol. The molecule has 0 aromatic heterocycles. The van der Waals surface area contributed by atoms with Gasteiger partial charge in [-0.2, -0.15) is 4.31 Å². The molecule has 0 radical (unpaired) electrons. The summed E-state index contributed by atoms with van der Waals surface area (Å²) in [5.41, 5.74) is 0.684. The topological polar surface area (TPSA) is 110 Å². The second kappa shape index (κ2) is 8.97. The third kappa shape index (κ3) is 4.46. The molecule has 0 saturated carbocycles. The Morgan fingerprint density at radius 3 is 2.48 bits per heavy atom. The number of hydrogen-bond acceptors (Lipinski definition) is 6. The molecule has 1 amide bonds. The first-order valence-electron chi connectivity index (χ1n) is 9.96. The van der Waals surface area contributed by atoms with Crippen molar-refractivity contribution in [3.05, 3.63) is 53.6 Å². The SMILES string of the molecule is CCN(CC)S(=O)(=O)c1cc(C(=O)N[C@@H]2CCS(=O)(=O)c3ccccc32)ccc1OC. The zero-order valence-corrected chi connectivity index (χ0v) is 19.3. The van der Waals surface area contributed by atoms with Crippen LogP contribution in [0.4, 0.5) is 0 Å². The third-order valence-electron chi connectivity index (χ3n) is 5.36. The molecule has 0 bridgehead atoms. The second-order valence-corrected chi connectivity index (χ2v) is 11.1. The maximum atomic E-state index is 13.0. The molecule has 0 saturated heterocycles. The molecule has 0 spiro atoms. The number of methoxy groups -OCH3 is 1. The molecule has 0 aliphatic carbocycles. The van der Waals surface area contributed by atoms with Gasteiger partial charge in [0.2, 0.25) is 10.0 Å². The van der Waals surface area contributed by atoms with Crippen molar-refractivity contribution in [2.24, 2.45) is 0 Å². The van der Waals surface area contributed by atoms with Gasteiger partial charge in [-0.1, -0.05) is 32.0 Å². The van der Waals surface area contributed by atoms with E-state index in [4.69, 9.17) is 4.74 Å². The smallest absolute Gasteiger partial charge is 0.251 e. The highest BCUT2D eigenvalue weighted by Crippen LogP contribution is 2.33. The minimum Gasteiger partial charge on any atom is -0.495 e. The molecule has 3 rings (SSSR count). The van der Waals surface area contributed by atoms with Crippen molar-refractivity contribution in [2.45, 2.75) is 36.1 Å². The van der Waals surface area contributed by atoms with E-state index in [2.05, 4.69) is 5.32 Å². The highest BCUT2D eigenvalue weighted by Gasteiger charge is 2.32. The van der Waals surface area contributed by atoms with E-state index in [1.807, 2.05) is 0 Å². The first-order chi connectivity index (χ1) is 14.7. The van der Waals surface area contributed by atoms with Crippen LogP contribution in [-0.4, -0.2) is 53.0 Å². The number of hydrogen-bond donors (Lipinski definition) is 1. The van der Waals surface area contributed by atoms with Crippen molar-refractivity contribution in [2.75, 3.05) is 26.0 Å². The van der Waals surface area contributed by atoms with E-state index in [1.54, 1.807) is 32.0 Å². The number of nitrogens with zero attached hydrogens (tertiary/aromatic N) is 1. The fourth-order valence-corrected chi connectivity index (χ4v) is 6.96. The fraction of sp³-hybridized carbons (Fsp3) is 0.381. The Hall–Kier alpha value is -2.43. The van der Waals surface area contributed by atoms with Gasteiger partial charge in [-0.25, -0.2) is 16.8 Å². The molecule has 1 N–H and O–H groups in total. The minimum absolute atomic E-state index is 0.0703. The number of amides is 1. The molecule has 0 fully saturated rings. The summed E-state index contributed by atoms with van der Waals surface area (Å²) < 4.78 is 57.2. The minimum atomic E-state index is -3.85. The van der Waals surface area contributed by atoms with Crippen molar-refractivity contribution < 1.29 is 26.4 Å². The fourth-order valence-electron chi connectivity index (χ4n) is 3.70. The summed E-state index contributed by atoms with van der Waals surface area (Å²) in [6, 6.07) is 10.3. The van der Waals surface area contributed by atoms with E-state index in [0.717, 1.165) is 0 Å². The Balaban J connectivity index is 1.95. The van der Waals surface area contributed by atoms with Crippen LogP contribution in [-0.2, 0) is 19.9 Å². The lowest BCUT2D eigenvalue weighted by molar-refractivity contribution is 0.0934. The summed E-state index contributed by atoms with van der Waals surface area (Å²) in [7, 11) is -5.86. The lowest BCUT2D eigenvalue weighted by atomic mass is 10.0. The summed E-state index contributed by atoms with van der Waals surface area (Å²) in [4.78, 5) is 13.1. The molecular formula is C21H26N2O6S2. The van der Waals surface area contributed by atoms with E-state index in [9.17, 15) is 21.6 Å². The predicted octanol–water partition coefficient (Wildman–Crippen LogP) is 2.37. The summed E-state index contributed by atoms with van der Waals surface area (Å²) >= 11 is 0. The molecule has 1 heterocycles. The van der Waals surface area contributed by atoms with Crippen molar-refractivity contribution >= 4 is 25.8 Å². The summed E-state index contributed by atoms with van der Waals surface area (Å²) in [6.07, 6.45) is 0.242. The highest BCUT2D eigenvalue weighted by molar-refractivity contribution is 7.91. The van der Waals surface area contributed by atoms with E-state index in [0.29, 0.717) is 5.56 Å². The maximum absolute atomic E-state index is 13.0. The molecule has 168 valence electrons. The zero-order valence-electron chi connectivity index (χ0n) is 17.7. The van der Waals surface area contributed by atoms with Gasteiger partial charge in [0.25, 0.3) is 5.91 Å². The molecule has 31 heavy (non-hydrogen) atoms. The van der Waals surface area contributed by atoms with Crippen molar-refractivity contribution in [3.63, 3.8) is 0 Å². The van der Waals surface area contributed by atoms with E-state index in [-0.39, 0.29) is 46.4 Å². The molecule has 2 aromatic rings. The number of sulfone groups is 1. The van der Waals surface area contributed by atoms with Crippen LogP contribution in [0.1, 0.15) is 42.2 Å². The van der Waals surface area contributed by atoms with Gasteiger partial charge in [-0.05, 0) is 36.2 Å². The Kier molecular flexibility index (Phi) is 6.73. The van der Waals surface area contributed by atoms with Crippen LogP contribution >= 0.6 is 0 Å². The molecule has 10 heteroatoms. The second-order valence-electron chi connectivity index (χ2n) is 7.13. The van der Waals surface area contributed by atoms with Crippen molar-refractivity contribution in [3.8, 4) is 5.75 Å². The van der Waals surface area contributed by atoms with Crippen LogP contribution in [0.5, 0.6) is 5.75 Å². The Labute approximate surface area is 183 Å². The van der Waals surface area contributed by atoms with Crippen LogP contribution < -0.4 is 10.1 Å². The van der Waals surface area contributed by atoms with Gasteiger partial charge in [0.15, 0.2) is 9.84 Å².